The highest BCUT2D eigenvalue weighted by Gasteiger charge is 2.45. The minimum Gasteiger partial charge on any atom is -0.481 e. The molecule has 4 unspecified atom stereocenters. The third kappa shape index (κ3) is 23.7. The van der Waals surface area contributed by atoms with Crippen LogP contribution in [0.4, 0.5) is 0 Å². The number of carbonyl (C=O) groups excluding carboxylic acids is 9. The topological polar surface area (TPSA) is 536 Å². The van der Waals surface area contributed by atoms with Crippen molar-refractivity contribution in [2.75, 3.05) is 19.8 Å². The number of alkyl halides is 2. The monoisotopic (exact) mass is 1490 g/mol. The molecule has 92 heavy (non-hydrogen) atoms. The molecular weight excluding hydrogens is 1430 g/mol. The minimum atomic E-state index is -4.36. The molecule has 0 bridgehead atoms. The molecule has 3 aromatic carbocycles. The number of carboxylic acids is 4. The maximum absolute atomic E-state index is 12.1. The number of benzene rings is 3. The number of aliphatic hydroxyl groups excluding tert-OH is 3. The normalized spacial score (nSPS) is 18.1. The SMILES string of the molecule is O=C(O)CC1CC(=O)N(O)C1=O.O=C(O)CC1CC(=O)N(OS(=O)(=O)c2ccc(CBr)cc2)C1=O.O=C1CC(CCO)C(=O)N1OS(=O)(=O)c1ccc(CBr)cc1.O=C1CC(CCO)C(=O)N1OS(=O)(=O)c1ccc(CO)cc1.O=COCC(CC(=O)O)CC(=O)O. The van der Waals surface area contributed by atoms with E-state index in [1.165, 1.54) is 48.5 Å². The predicted octanol–water partition coefficient (Wildman–Crippen LogP) is 0.518. The first-order chi connectivity index (χ1) is 43.1. The largest absolute Gasteiger partial charge is 0.481 e. The molecule has 4 atom stereocenters. The maximum Gasteiger partial charge on any atom is 0.318 e. The Hall–Kier alpha value is -7.90. The minimum absolute atomic E-state index is 0.0202. The van der Waals surface area contributed by atoms with Crippen LogP contribution in [0, 0.1) is 29.6 Å². The molecule has 4 aliphatic rings. The van der Waals surface area contributed by atoms with Gasteiger partial charge in [0.2, 0.25) is 0 Å². The van der Waals surface area contributed by atoms with Crippen molar-refractivity contribution < 1.29 is 146 Å². The molecule has 4 heterocycles. The van der Waals surface area contributed by atoms with Crippen molar-refractivity contribution in [3.8, 4) is 0 Å². The van der Waals surface area contributed by atoms with E-state index in [-0.39, 0.29) is 113 Å². The van der Waals surface area contributed by atoms with Gasteiger partial charge < -0.3 is 40.5 Å². The van der Waals surface area contributed by atoms with Gasteiger partial charge in [0.1, 0.15) is 0 Å². The van der Waals surface area contributed by atoms with Crippen LogP contribution in [0.5, 0.6) is 0 Å². The average Bonchev–Trinajstić information content (AvgIpc) is 1.56. The Morgan fingerprint density at radius 1 is 0.478 bits per heavy atom. The predicted molar refractivity (Wildman–Crippen MR) is 305 cm³/mol. The standard InChI is InChI=1S/C13H12BrNO7S.C13H14BrNO6S.C13H15NO7S.C7H10O6.C6H7NO5/c14-7-8-1-3-10(4-2-8)23(20,21)22-15-11(16)5-9(13(15)19)6-12(17)18;14-8-9-1-3-11(4-2-9)22(19,20)21-15-12(17)7-10(5-6-16)13(15)18;15-6-5-10-7-12(17)14(13(10)18)21-22(19,20)11-3-1-9(8-16)2-4-11;8-4-13-3-5(1-6(9)10)2-7(11)12;8-4-1-3(2-5(9)10)6(11)7(4)12/h1-4,9H,5-7H2,(H,17,18);1-4,10,16H,5-8H2;1-4,10,15-16H,5-8H2;4-5H,1-3H2,(H,9,10)(H,11,12);3,12H,1-2H2,(H,9,10). The highest BCUT2D eigenvalue weighted by molar-refractivity contribution is 9.08. The first-order valence-corrected chi connectivity index (χ1v) is 32.7. The average molecular weight is 1490 g/mol. The lowest BCUT2D eigenvalue weighted by atomic mass is 10.0. The smallest absolute Gasteiger partial charge is 0.318 e. The number of hydroxylamine groups is 8. The number of hydrogen-bond donors (Lipinski definition) is 8. The van der Waals surface area contributed by atoms with E-state index in [1.54, 1.807) is 24.3 Å². The first kappa shape index (κ1) is 78.3. The second-order valence-electron chi connectivity index (χ2n) is 19.4. The van der Waals surface area contributed by atoms with E-state index in [0.29, 0.717) is 16.2 Å². The zero-order valence-electron chi connectivity index (χ0n) is 47.4. The summed E-state index contributed by atoms with van der Waals surface area (Å²) >= 11 is 6.46. The van der Waals surface area contributed by atoms with Gasteiger partial charge in [0, 0.05) is 55.5 Å². The molecule has 3 aromatic rings. The molecule has 0 saturated carbocycles. The van der Waals surface area contributed by atoms with Crippen LogP contribution < -0.4 is 0 Å². The summed E-state index contributed by atoms with van der Waals surface area (Å²) in [6, 6.07) is 16.7. The van der Waals surface area contributed by atoms with E-state index in [0.717, 1.165) is 11.1 Å². The van der Waals surface area contributed by atoms with Gasteiger partial charge in [0.15, 0.2) is 0 Å². The van der Waals surface area contributed by atoms with Gasteiger partial charge in [0.25, 0.3) is 53.7 Å². The number of carboxylic acid groups (broad SMARTS) is 4. The van der Waals surface area contributed by atoms with Crippen molar-refractivity contribution in [3.63, 3.8) is 0 Å². The number of imide groups is 4. The Kier molecular flexibility index (Phi) is 31.0. The summed E-state index contributed by atoms with van der Waals surface area (Å²) in [6.45, 7) is -0.808. The van der Waals surface area contributed by atoms with E-state index in [2.05, 4.69) is 49.4 Å². The summed E-state index contributed by atoms with van der Waals surface area (Å²) in [5.74, 6) is -15.3. The highest BCUT2D eigenvalue weighted by atomic mass is 79.9. The summed E-state index contributed by atoms with van der Waals surface area (Å²) in [5.41, 5.74) is 2.21. The lowest BCUT2D eigenvalue weighted by molar-refractivity contribution is -0.173. The van der Waals surface area contributed by atoms with Gasteiger partial charge in [0.05, 0.1) is 77.3 Å². The molecule has 40 heteroatoms. The van der Waals surface area contributed by atoms with Crippen LogP contribution in [-0.2, 0) is 128 Å². The first-order valence-electron chi connectivity index (χ1n) is 26.2. The number of amides is 8. The Labute approximate surface area is 538 Å². The molecule has 504 valence electrons. The molecule has 4 fully saturated rings. The van der Waals surface area contributed by atoms with Crippen LogP contribution in [0.1, 0.15) is 80.9 Å². The second kappa shape index (κ2) is 36.4. The number of carbonyl (C=O) groups is 13. The van der Waals surface area contributed by atoms with Crippen LogP contribution in [-0.4, -0.2) is 184 Å². The molecule has 0 aliphatic carbocycles. The van der Waals surface area contributed by atoms with E-state index < -0.39 is 150 Å². The van der Waals surface area contributed by atoms with Crippen LogP contribution in [0.15, 0.2) is 87.5 Å². The van der Waals surface area contributed by atoms with Gasteiger partial charge in [-0.3, -0.25) is 67.5 Å². The van der Waals surface area contributed by atoms with Crippen molar-refractivity contribution in [1.29, 1.82) is 0 Å². The number of nitrogens with zero attached hydrogens (tertiary/aromatic N) is 4. The molecule has 0 radical (unpaired) electrons. The number of aliphatic carboxylic acids is 4. The second-order valence-corrected chi connectivity index (χ2v) is 25.1. The van der Waals surface area contributed by atoms with Gasteiger partial charge in [-0.1, -0.05) is 68.3 Å². The van der Waals surface area contributed by atoms with Crippen molar-refractivity contribution in [2.24, 2.45) is 29.6 Å². The van der Waals surface area contributed by atoms with Crippen molar-refractivity contribution in [2.45, 2.75) is 96.2 Å². The summed E-state index contributed by atoms with van der Waals surface area (Å²) in [7, 11) is -13.0. The number of ether oxygens (including phenoxy) is 1. The zero-order valence-corrected chi connectivity index (χ0v) is 53.1. The summed E-state index contributed by atoms with van der Waals surface area (Å²) < 4.78 is 90.8. The number of halogens is 2. The van der Waals surface area contributed by atoms with Crippen LogP contribution in [0.25, 0.3) is 0 Å². The molecule has 8 amide bonds. The Bertz CT molecular complexity index is 3420. The van der Waals surface area contributed by atoms with Crippen molar-refractivity contribution >= 4 is 140 Å². The quantitative estimate of drug-likeness (QED) is 0.0223. The molecule has 7 rings (SSSR count). The lowest BCUT2D eigenvalue weighted by Crippen LogP contribution is -2.33. The molecule has 4 aliphatic heterocycles. The fraction of sp³-hybridized carbons (Fsp3) is 0.404. The van der Waals surface area contributed by atoms with E-state index >= 15 is 0 Å². The maximum atomic E-state index is 12.1. The van der Waals surface area contributed by atoms with Crippen molar-refractivity contribution in [3.05, 3.63) is 89.5 Å². The van der Waals surface area contributed by atoms with Gasteiger partial charge in [-0.25, -0.2) is 0 Å². The molecule has 0 spiro atoms. The van der Waals surface area contributed by atoms with Crippen LogP contribution >= 0.6 is 31.9 Å². The fourth-order valence-electron chi connectivity index (χ4n) is 7.96. The fourth-order valence-corrected chi connectivity index (χ4v) is 11.4. The Morgan fingerprint density at radius 3 is 1.05 bits per heavy atom. The molecule has 35 nitrogen and oxygen atoms in total. The molecular formula is C52H58Br2N4O31S3. The summed E-state index contributed by atoms with van der Waals surface area (Å²) in [5, 5.41) is 70.7. The number of rotatable bonds is 27. The zero-order chi connectivity index (χ0) is 69.4. The van der Waals surface area contributed by atoms with E-state index in [1.807, 2.05) is 0 Å². The molecule has 0 aromatic heterocycles. The van der Waals surface area contributed by atoms with Gasteiger partial charge >= 0.3 is 54.2 Å². The molecule has 8 N–H and O–H groups in total. The number of aliphatic hydroxyl groups is 3. The van der Waals surface area contributed by atoms with E-state index in [9.17, 15) is 87.6 Å². The van der Waals surface area contributed by atoms with Crippen LogP contribution in [0.3, 0.4) is 0 Å². The molecule has 4 saturated heterocycles. The summed E-state index contributed by atoms with van der Waals surface area (Å²) in [6.07, 6.45) is -2.45. The highest BCUT2D eigenvalue weighted by Crippen LogP contribution is 2.29. The summed E-state index contributed by atoms with van der Waals surface area (Å²) in [4.78, 5) is 143. The van der Waals surface area contributed by atoms with Crippen molar-refractivity contribution in [1.82, 2.24) is 20.3 Å². The lowest BCUT2D eigenvalue weighted by Gasteiger charge is -2.14. The van der Waals surface area contributed by atoms with Crippen LogP contribution in [0.2, 0.25) is 0 Å². The van der Waals surface area contributed by atoms with Gasteiger partial charge in [-0.2, -0.15) is 30.3 Å². The van der Waals surface area contributed by atoms with Gasteiger partial charge in [-0.15, -0.1) is 28.0 Å². The Balaban J connectivity index is 0.000000307. The van der Waals surface area contributed by atoms with Gasteiger partial charge in [-0.05, 0) is 65.9 Å². The third-order valence-corrected chi connectivity index (χ3v) is 17.5. The third-order valence-electron chi connectivity index (χ3n) is 12.6. The number of hydrogen-bond acceptors (Lipinski definition) is 27. The van der Waals surface area contributed by atoms with E-state index in [4.69, 9.17) is 41.0 Å². The Morgan fingerprint density at radius 2 is 0.783 bits per heavy atom.